The van der Waals surface area contributed by atoms with Crippen LogP contribution in [0.25, 0.3) is 0 Å². The second kappa shape index (κ2) is 11.0. The Kier molecular flexibility index (Phi) is 8.41. The van der Waals surface area contributed by atoms with Crippen LogP contribution in [-0.4, -0.2) is 31.0 Å². The summed E-state index contributed by atoms with van der Waals surface area (Å²) in [7, 11) is 1.50. The topological polar surface area (TPSA) is 90.9 Å². The number of esters is 1. The van der Waals surface area contributed by atoms with Gasteiger partial charge >= 0.3 is 12.1 Å². The number of amides is 1. The SMILES string of the molecule is COc1ccc(C(C)=O)cc1COC(=O)[C@@H](NC(=O)OCc1ccccc1)C(C)C. The summed E-state index contributed by atoms with van der Waals surface area (Å²) in [6.45, 7) is 5.05. The molecule has 0 aromatic heterocycles. The maximum Gasteiger partial charge on any atom is 0.408 e. The molecule has 0 aliphatic carbocycles. The van der Waals surface area contributed by atoms with Gasteiger partial charge in [-0.05, 0) is 36.6 Å². The number of ketones is 1. The first-order valence-electron chi connectivity index (χ1n) is 9.63. The van der Waals surface area contributed by atoms with Crippen LogP contribution in [0.2, 0.25) is 0 Å². The van der Waals surface area contributed by atoms with Gasteiger partial charge in [0.15, 0.2) is 5.78 Å². The van der Waals surface area contributed by atoms with E-state index in [1.807, 2.05) is 30.3 Å². The molecule has 0 spiro atoms. The zero-order chi connectivity index (χ0) is 22.1. The molecule has 7 heteroatoms. The number of hydrogen-bond acceptors (Lipinski definition) is 6. The molecule has 2 rings (SSSR count). The third kappa shape index (κ3) is 6.62. The Morgan fingerprint density at radius 3 is 2.27 bits per heavy atom. The number of benzene rings is 2. The highest BCUT2D eigenvalue weighted by Gasteiger charge is 2.26. The maximum atomic E-state index is 12.6. The Labute approximate surface area is 176 Å². The maximum absolute atomic E-state index is 12.6. The molecule has 0 saturated carbocycles. The molecule has 2 aromatic carbocycles. The average molecular weight is 413 g/mol. The fourth-order valence-corrected chi connectivity index (χ4v) is 2.74. The van der Waals surface area contributed by atoms with Gasteiger partial charge in [0.2, 0.25) is 0 Å². The lowest BCUT2D eigenvalue weighted by atomic mass is 10.0. The summed E-state index contributed by atoms with van der Waals surface area (Å²) in [6, 6.07) is 13.3. The minimum Gasteiger partial charge on any atom is -0.496 e. The van der Waals surface area contributed by atoms with Gasteiger partial charge in [0, 0.05) is 11.1 Å². The summed E-state index contributed by atoms with van der Waals surface area (Å²) < 4.78 is 15.8. The summed E-state index contributed by atoms with van der Waals surface area (Å²) in [5.41, 5.74) is 1.89. The molecule has 160 valence electrons. The predicted molar refractivity (Wildman–Crippen MR) is 111 cm³/mol. The Balaban J connectivity index is 1.97. The normalized spacial score (nSPS) is 11.5. The van der Waals surface area contributed by atoms with E-state index in [-0.39, 0.29) is 24.9 Å². The molecule has 1 N–H and O–H groups in total. The molecule has 0 radical (unpaired) electrons. The van der Waals surface area contributed by atoms with Gasteiger partial charge in [-0.25, -0.2) is 9.59 Å². The second-order valence-electron chi connectivity index (χ2n) is 7.12. The van der Waals surface area contributed by atoms with Crippen LogP contribution in [0.1, 0.15) is 42.3 Å². The van der Waals surface area contributed by atoms with E-state index in [0.717, 1.165) is 5.56 Å². The molecule has 1 atom stereocenters. The highest BCUT2D eigenvalue weighted by Crippen LogP contribution is 2.21. The quantitative estimate of drug-likeness (QED) is 0.495. The fourth-order valence-electron chi connectivity index (χ4n) is 2.74. The lowest BCUT2D eigenvalue weighted by Crippen LogP contribution is -2.45. The smallest absolute Gasteiger partial charge is 0.408 e. The molecule has 2 aromatic rings. The highest BCUT2D eigenvalue weighted by molar-refractivity contribution is 5.94. The highest BCUT2D eigenvalue weighted by atomic mass is 16.6. The first kappa shape index (κ1) is 22.9. The zero-order valence-corrected chi connectivity index (χ0v) is 17.6. The van der Waals surface area contributed by atoms with Gasteiger partial charge < -0.3 is 19.5 Å². The van der Waals surface area contributed by atoms with E-state index in [2.05, 4.69) is 5.32 Å². The Morgan fingerprint density at radius 1 is 0.967 bits per heavy atom. The van der Waals surface area contributed by atoms with Crippen molar-refractivity contribution in [1.82, 2.24) is 5.32 Å². The van der Waals surface area contributed by atoms with Gasteiger partial charge in [0.05, 0.1) is 7.11 Å². The number of methoxy groups -OCH3 is 1. The van der Waals surface area contributed by atoms with Gasteiger partial charge in [0.25, 0.3) is 0 Å². The van der Waals surface area contributed by atoms with Crippen LogP contribution in [0.15, 0.2) is 48.5 Å². The van der Waals surface area contributed by atoms with E-state index in [9.17, 15) is 14.4 Å². The van der Waals surface area contributed by atoms with E-state index >= 15 is 0 Å². The van der Waals surface area contributed by atoms with Crippen molar-refractivity contribution in [3.05, 3.63) is 65.2 Å². The lowest BCUT2D eigenvalue weighted by molar-refractivity contribution is -0.148. The van der Waals surface area contributed by atoms with Crippen molar-refractivity contribution >= 4 is 17.8 Å². The van der Waals surface area contributed by atoms with Crippen molar-refractivity contribution in [2.45, 2.75) is 40.0 Å². The van der Waals surface area contributed by atoms with Crippen LogP contribution >= 0.6 is 0 Å². The van der Waals surface area contributed by atoms with Crippen LogP contribution < -0.4 is 10.1 Å². The minimum absolute atomic E-state index is 0.0902. The van der Waals surface area contributed by atoms with Crippen molar-refractivity contribution < 1.29 is 28.6 Å². The van der Waals surface area contributed by atoms with Crippen molar-refractivity contribution in [3.8, 4) is 5.75 Å². The number of carbonyl (C=O) groups excluding carboxylic acids is 3. The number of alkyl carbamates (subject to hydrolysis) is 1. The average Bonchev–Trinajstić information content (AvgIpc) is 2.74. The standard InChI is InChI=1S/C23H27NO6/c1-15(2)21(24-23(27)30-13-17-8-6-5-7-9-17)22(26)29-14-19-12-18(16(3)25)10-11-20(19)28-4/h5-12,15,21H,13-14H2,1-4H3,(H,24,27)/t21-/m0/s1. The van der Waals surface area contributed by atoms with Gasteiger partial charge in [-0.1, -0.05) is 44.2 Å². The number of nitrogens with one attached hydrogen (secondary N) is 1. The van der Waals surface area contributed by atoms with Crippen LogP contribution in [0.4, 0.5) is 4.79 Å². The van der Waals surface area contributed by atoms with E-state index in [1.54, 1.807) is 32.0 Å². The zero-order valence-electron chi connectivity index (χ0n) is 17.6. The summed E-state index contributed by atoms with van der Waals surface area (Å²) in [5.74, 6) is -0.415. The number of Topliss-reactive ketones (excluding diaryl/α,β-unsaturated/α-hetero) is 1. The monoisotopic (exact) mass is 413 g/mol. The van der Waals surface area contributed by atoms with Crippen molar-refractivity contribution in [3.63, 3.8) is 0 Å². The summed E-state index contributed by atoms with van der Waals surface area (Å²) >= 11 is 0. The van der Waals surface area contributed by atoms with Gasteiger partial charge in [-0.2, -0.15) is 0 Å². The first-order chi connectivity index (χ1) is 14.3. The number of ether oxygens (including phenoxy) is 3. The second-order valence-corrected chi connectivity index (χ2v) is 7.12. The molecule has 0 saturated heterocycles. The summed E-state index contributed by atoms with van der Waals surface area (Å²) in [5, 5.41) is 2.56. The van der Waals surface area contributed by atoms with Crippen molar-refractivity contribution in [1.29, 1.82) is 0 Å². The molecular formula is C23H27NO6. The molecule has 0 aliphatic rings. The number of rotatable bonds is 9. The van der Waals surface area contributed by atoms with E-state index in [4.69, 9.17) is 14.2 Å². The predicted octanol–water partition coefficient (Wildman–Crippen LogP) is 3.89. The van der Waals surface area contributed by atoms with Crippen molar-refractivity contribution in [2.24, 2.45) is 5.92 Å². The van der Waals surface area contributed by atoms with Crippen LogP contribution in [-0.2, 0) is 27.5 Å². The van der Waals surface area contributed by atoms with E-state index in [1.165, 1.54) is 14.0 Å². The number of carbonyl (C=O) groups is 3. The van der Waals surface area contributed by atoms with E-state index in [0.29, 0.717) is 16.9 Å². The Hall–Kier alpha value is -3.35. The Morgan fingerprint density at radius 2 is 1.67 bits per heavy atom. The third-order valence-electron chi connectivity index (χ3n) is 4.46. The Bertz CT molecular complexity index is 879. The molecule has 30 heavy (non-hydrogen) atoms. The molecule has 7 nitrogen and oxygen atoms in total. The molecule has 1 amide bonds. The van der Waals surface area contributed by atoms with Crippen LogP contribution in [0.3, 0.4) is 0 Å². The van der Waals surface area contributed by atoms with Gasteiger partial charge in [0.1, 0.15) is 25.0 Å². The van der Waals surface area contributed by atoms with Crippen LogP contribution in [0, 0.1) is 5.92 Å². The van der Waals surface area contributed by atoms with Gasteiger partial charge in [-0.15, -0.1) is 0 Å². The molecule has 0 fully saturated rings. The molecule has 0 bridgehead atoms. The van der Waals surface area contributed by atoms with Gasteiger partial charge in [-0.3, -0.25) is 4.79 Å². The first-order valence-corrected chi connectivity index (χ1v) is 9.63. The molecule has 0 heterocycles. The van der Waals surface area contributed by atoms with Crippen LogP contribution in [0.5, 0.6) is 5.75 Å². The molecule has 0 aliphatic heterocycles. The molecule has 0 unspecified atom stereocenters. The fraction of sp³-hybridized carbons (Fsp3) is 0.348. The van der Waals surface area contributed by atoms with E-state index < -0.39 is 18.1 Å². The summed E-state index contributed by atoms with van der Waals surface area (Å²) in [6.07, 6.45) is -0.703. The number of hydrogen-bond donors (Lipinski definition) is 1. The third-order valence-corrected chi connectivity index (χ3v) is 4.46. The van der Waals surface area contributed by atoms with Crippen molar-refractivity contribution in [2.75, 3.05) is 7.11 Å². The molecular weight excluding hydrogens is 386 g/mol. The lowest BCUT2D eigenvalue weighted by Gasteiger charge is -2.21. The minimum atomic E-state index is -0.879. The largest absolute Gasteiger partial charge is 0.496 e. The summed E-state index contributed by atoms with van der Waals surface area (Å²) in [4.78, 5) is 36.3.